The van der Waals surface area contributed by atoms with Crippen molar-refractivity contribution >= 4 is 21.6 Å². The zero-order chi connectivity index (χ0) is 28.0. The highest BCUT2D eigenvalue weighted by molar-refractivity contribution is 7.92. The molecule has 206 valence electrons. The number of carbonyl (C=O) groups excluding carboxylic acids is 1. The normalized spacial score (nSPS) is 14.1. The van der Waals surface area contributed by atoms with E-state index in [-0.39, 0.29) is 6.03 Å². The number of sulfone groups is 1. The Morgan fingerprint density at radius 3 is 2.08 bits per heavy atom. The van der Waals surface area contributed by atoms with Crippen LogP contribution in [0.15, 0.2) is 108 Å². The number of rotatable bonds is 8. The molecule has 1 saturated heterocycles. The molecule has 1 N–H and O–H groups in total. The van der Waals surface area contributed by atoms with Crippen LogP contribution in [0.3, 0.4) is 0 Å². The van der Waals surface area contributed by atoms with Gasteiger partial charge in [-0.15, -0.1) is 0 Å². The molecule has 1 fully saturated rings. The van der Waals surface area contributed by atoms with E-state index in [1.165, 1.54) is 0 Å². The number of hydrogen-bond donors (Lipinski definition) is 1. The fraction of sp³-hybridized carbons (Fsp3) is 0.219. The lowest BCUT2D eigenvalue weighted by Gasteiger charge is -2.32. The standard InChI is InChI=1S/C32H32N2O5S/c1-38-23-24-11-13-25(14-12-24)26-15-17-28(18-16-26)40(36,37)29-19-21-34(22-20-29)32(35)33-30-9-5-6-10-31(30)39-27-7-3-2-4-8-27/h2-18,29H,19-23H2,1H3,(H,33,35). The lowest BCUT2D eigenvalue weighted by atomic mass is 10.0. The van der Waals surface area contributed by atoms with E-state index >= 15 is 0 Å². The molecule has 2 amide bonds. The molecule has 0 radical (unpaired) electrons. The molecular weight excluding hydrogens is 524 g/mol. The van der Waals surface area contributed by atoms with Gasteiger partial charge in [0, 0.05) is 20.2 Å². The molecule has 0 bridgehead atoms. The van der Waals surface area contributed by atoms with Crippen molar-refractivity contribution < 1.29 is 22.7 Å². The number of carbonyl (C=O) groups is 1. The van der Waals surface area contributed by atoms with E-state index in [0.29, 0.717) is 54.6 Å². The summed E-state index contributed by atoms with van der Waals surface area (Å²) in [5.74, 6) is 1.21. The number of amides is 2. The van der Waals surface area contributed by atoms with Crippen molar-refractivity contribution in [1.29, 1.82) is 0 Å². The van der Waals surface area contributed by atoms with Gasteiger partial charge >= 0.3 is 6.03 Å². The summed E-state index contributed by atoms with van der Waals surface area (Å²) in [4.78, 5) is 15.0. The third-order valence-electron chi connectivity index (χ3n) is 7.05. The Morgan fingerprint density at radius 2 is 1.43 bits per heavy atom. The van der Waals surface area contributed by atoms with Gasteiger partial charge in [-0.2, -0.15) is 0 Å². The molecule has 1 aliphatic heterocycles. The summed E-state index contributed by atoms with van der Waals surface area (Å²) < 4.78 is 37.9. The number of ether oxygens (including phenoxy) is 2. The smallest absolute Gasteiger partial charge is 0.321 e. The van der Waals surface area contributed by atoms with Crippen molar-refractivity contribution in [1.82, 2.24) is 4.90 Å². The molecule has 0 spiro atoms. The van der Waals surface area contributed by atoms with E-state index in [2.05, 4.69) is 5.32 Å². The van der Waals surface area contributed by atoms with E-state index in [1.54, 1.807) is 36.3 Å². The molecule has 5 rings (SSSR count). The molecule has 0 atom stereocenters. The minimum atomic E-state index is -3.52. The first-order valence-electron chi connectivity index (χ1n) is 13.2. The summed E-state index contributed by atoms with van der Waals surface area (Å²) in [5.41, 5.74) is 3.60. The van der Waals surface area contributed by atoms with Crippen molar-refractivity contribution in [3.05, 3.63) is 109 Å². The number of urea groups is 1. The lowest BCUT2D eigenvalue weighted by Crippen LogP contribution is -2.44. The van der Waals surface area contributed by atoms with Gasteiger partial charge in [-0.25, -0.2) is 13.2 Å². The van der Waals surface area contributed by atoms with E-state index in [9.17, 15) is 13.2 Å². The average molecular weight is 557 g/mol. The van der Waals surface area contributed by atoms with E-state index in [0.717, 1.165) is 16.7 Å². The number of piperidine rings is 1. The predicted molar refractivity (Wildman–Crippen MR) is 156 cm³/mol. The van der Waals surface area contributed by atoms with Crippen LogP contribution < -0.4 is 10.1 Å². The molecule has 1 aliphatic rings. The second kappa shape index (κ2) is 12.4. The van der Waals surface area contributed by atoms with Crippen molar-refractivity contribution in [2.24, 2.45) is 0 Å². The largest absolute Gasteiger partial charge is 0.455 e. The van der Waals surface area contributed by atoms with Crippen molar-refractivity contribution in [3.63, 3.8) is 0 Å². The summed E-state index contributed by atoms with van der Waals surface area (Å²) in [7, 11) is -1.86. The fourth-order valence-electron chi connectivity index (χ4n) is 4.83. The lowest BCUT2D eigenvalue weighted by molar-refractivity contribution is 0.185. The number of likely N-dealkylation sites (tertiary alicyclic amines) is 1. The molecule has 0 aromatic heterocycles. The summed E-state index contributed by atoms with van der Waals surface area (Å²) in [6.07, 6.45) is 0.751. The van der Waals surface area contributed by atoms with Gasteiger partial charge in [0.1, 0.15) is 5.75 Å². The topological polar surface area (TPSA) is 84.9 Å². The minimum Gasteiger partial charge on any atom is -0.455 e. The van der Waals surface area contributed by atoms with E-state index < -0.39 is 15.1 Å². The quantitative estimate of drug-likeness (QED) is 0.259. The third kappa shape index (κ3) is 6.35. The Kier molecular flexibility index (Phi) is 8.48. The minimum absolute atomic E-state index is 0.277. The second-order valence-corrected chi connectivity index (χ2v) is 12.0. The van der Waals surface area contributed by atoms with Crippen LogP contribution in [-0.4, -0.2) is 44.8 Å². The number of para-hydroxylation sites is 3. The zero-order valence-corrected chi connectivity index (χ0v) is 23.1. The SMILES string of the molecule is COCc1ccc(-c2ccc(S(=O)(=O)C3CCN(C(=O)Nc4ccccc4Oc4ccccc4)CC3)cc2)cc1. The highest BCUT2D eigenvalue weighted by Crippen LogP contribution is 2.31. The molecule has 8 heteroatoms. The van der Waals surface area contributed by atoms with Crippen LogP contribution in [0.1, 0.15) is 18.4 Å². The van der Waals surface area contributed by atoms with Gasteiger partial charge in [-0.05, 0) is 65.9 Å². The van der Waals surface area contributed by atoms with Crippen LogP contribution in [0, 0.1) is 0 Å². The summed E-state index contributed by atoms with van der Waals surface area (Å²) in [5, 5.41) is 2.39. The summed E-state index contributed by atoms with van der Waals surface area (Å²) in [6, 6.07) is 31.4. The Hall–Kier alpha value is -4.14. The van der Waals surface area contributed by atoms with Gasteiger partial charge in [-0.1, -0.05) is 66.7 Å². The van der Waals surface area contributed by atoms with Crippen LogP contribution in [0.4, 0.5) is 10.5 Å². The monoisotopic (exact) mass is 556 g/mol. The molecular formula is C32H32N2O5S. The van der Waals surface area contributed by atoms with Crippen LogP contribution >= 0.6 is 0 Å². The Labute approximate surface area is 235 Å². The molecule has 40 heavy (non-hydrogen) atoms. The number of methoxy groups -OCH3 is 1. The second-order valence-electron chi connectivity index (χ2n) is 9.73. The van der Waals surface area contributed by atoms with Crippen molar-refractivity contribution in [2.45, 2.75) is 29.6 Å². The molecule has 1 heterocycles. The highest BCUT2D eigenvalue weighted by Gasteiger charge is 2.33. The number of nitrogens with zero attached hydrogens (tertiary/aromatic N) is 1. The fourth-order valence-corrected chi connectivity index (χ4v) is 6.56. The van der Waals surface area contributed by atoms with Crippen LogP contribution in [0.5, 0.6) is 11.5 Å². The first-order chi connectivity index (χ1) is 19.4. The molecule has 4 aromatic carbocycles. The number of nitrogens with one attached hydrogen (secondary N) is 1. The van der Waals surface area contributed by atoms with E-state index in [1.807, 2.05) is 78.9 Å². The number of benzene rings is 4. The first-order valence-corrected chi connectivity index (χ1v) is 14.8. The highest BCUT2D eigenvalue weighted by atomic mass is 32.2. The van der Waals surface area contributed by atoms with Crippen molar-refractivity contribution in [3.8, 4) is 22.6 Å². The van der Waals surface area contributed by atoms with Crippen molar-refractivity contribution in [2.75, 3.05) is 25.5 Å². The predicted octanol–water partition coefficient (Wildman–Crippen LogP) is 6.76. The maximum absolute atomic E-state index is 13.4. The maximum Gasteiger partial charge on any atom is 0.321 e. The number of hydrogen-bond acceptors (Lipinski definition) is 5. The molecule has 4 aromatic rings. The van der Waals surface area contributed by atoms with Crippen LogP contribution in [0.25, 0.3) is 11.1 Å². The Morgan fingerprint density at radius 1 is 0.825 bits per heavy atom. The van der Waals surface area contributed by atoms with Gasteiger partial charge in [0.05, 0.1) is 22.4 Å². The Balaban J connectivity index is 1.19. The van der Waals surface area contributed by atoms with Crippen LogP contribution in [0.2, 0.25) is 0 Å². The summed E-state index contributed by atoms with van der Waals surface area (Å²) >= 11 is 0. The summed E-state index contributed by atoms with van der Waals surface area (Å²) in [6.45, 7) is 1.25. The number of anilines is 1. The molecule has 0 unspecified atom stereocenters. The zero-order valence-electron chi connectivity index (χ0n) is 22.3. The molecule has 0 aliphatic carbocycles. The van der Waals surface area contributed by atoms with Gasteiger partial charge in [0.25, 0.3) is 0 Å². The molecule has 0 saturated carbocycles. The third-order valence-corrected chi connectivity index (χ3v) is 9.33. The van der Waals surface area contributed by atoms with Gasteiger partial charge in [-0.3, -0.25) is 0 Å². The average Bonchev–Trinajstić information content (AvgIpc) is 2.99. The maximum atomic E-state index is 13.4. The van der Waals surface area contributed by atoms with Gasteiger partial charge < -0.3 is 19.7 Å². The van der Waals surface area contributed by atoms with Gasteiger partial charge in [0.15, 0.2) is 15.6 Å². The first kappa shape index (κ1) is 27.4. The Bertz CT molecular complexity index is 1530. The van der Waals surface area contributed by atoms with Gasteiger partial charge in [0.2, 0.25) is 0 Å². The van der Waals surface area contributed by atoms with Crippen LogP contribution in [-0.2, 0) is 21.2 Å². The van der Waals surface area contributed by atoms with E-state index in [4.69, 9.17) is 9.47 Å². The molecule has 7 nitrogen and oxygen atoms in total.